The first-order valence-electron chi connectivity index (χ1n) is 6.07. The summed E-state index contributed by atoms with van der Waals surface area (Å²) in [7, 11) is 0. The SMILES string of the molecule is CC(CC1COCCN1)NCCCCN. The summed E-state index contributed by atoms with van der Waals surface area (Å²) in [5.41, 5.74) is 5.44. The maximum Gasteiger partial charge on any atom is 0.0620 e. The van der Waals surface area contributed by atoms with Gasteiger partial charge >= 0.3 is 0 Å². The molecule has 0 radical (unpaired) electrons. The summed E-state index contributed by atoms with van der Waals surface area (Å²) >= 11 is 0. The molecule has 1 rings (SSSR count). The van der Waals surface area contributed by atoms with Crippen LogP contribution < -0.4 is 16.4 Å². The summed E-state index contributed by atoms with van der Waals surface area (Å²) in [6.45, 7) is 6.81. The third kappa shape index (κ3) is 6.10. The molecule has 2 atom stereocenters. The van der Waals surface area contributed by atoms with Gasteiger partial charge in [-0.15, -0.1) is 0 Å². The van der Waals surface area contributed by atoms with Crippen LogP contribution in [0.2, 0.25) is 0 Å². The van der Waals surface area contributed by atoms with Crippen LogP contribution in [0.5, 0.6) is 0 Å². The average Bonchev–Trinajstić information content (AvgIpc) is 2.26. The van der Waals surface area contributed by atoms with Crippen LogP contribution >= 0.6 is 0 Å². The van der Waals surface area contributed by atoms with Gasteiger partial charge < -0.3 is 21.1 Å². The van der Waals surface area contributed by atoms with Crippen molar-refractivity contribution in [1.82, 2.24) is 10.6 Å². The van der Waals surface area contributed by atoms with Crippen molar-refractivity contribution in [2.75, 3.05) is 32.8 Å². The first kappa shape index (κ1) is 12.9. The lowest BCUT2D eigenvalue weighted by Gasteiger charge is -2.26. The van der Waals surface area contributed by atoms with Gasteiger partial charge in [0.2, 0.25) is 0 Å². The lowest BCUT2D eigenvalue weighted by molar-refractivity contribution is 0.0712. The number of ether oxygens (including phenoxy) is 1. The number of hydrogen-bond donors (Lipinski definition) is 3. The minimum absolute atomic E-state index is 0.524. The third-order valence-electron chi connectivity index (χ3n) is 2.76. The molecule has 0 saturated carbocycles. The Bertz CT molecular complexity index is 149. The summed E-state index contributed by atoms with van der Waals surface area (Å²) in [6.07, 6.45) is 3.43. The Kier molecular flexibility index (Phi) is 6.92. The largest absolute Gasteiger partial charge is 0.379 e. The Morgan fingerprint density at radius 2 is 2.40 bits per heavy atom. The molecule has 4 heteroatoms. The molecular weight excluding hydrogens is 190 g/mol. The molecule has 4 nitrogen and oxygen atoms in total. The number of nitrogens with one attached hydrogen (secondary N) is 2. The van der Waals surface area contributed by atoms with Crippen LogP contribution in [0.3, 0.4) is 0 Å². The lowest BCUT2D eigenvalue weighted by atomic mass is 10.1. The maximum absolute atomic E-state index is 5.44. The van der Waals surface area contributed by atoms with Gasteiger partial charge in [-0.1, -0.05) is 0 Å². The van der Waals surface area contributed by atoms with Crippen molar-refractivity contribution in [2.45, 2.75) is 38.3 Å². The molecule has 0 amide bonds. The van der Waals surface area contributed by atoms with Crippen molar-refractivity contribution in [2.24, 2.45) is 5.73 Å². The monoisotopic (exact) mass is 215 g/mol. The standard InChI is InChI=1S/C11H25N3O/c1-10(13-5-3-2-4-12)8-11-9-15-7-6-14-11/h10-11,13-14H,2-9,12H2,1H3. The van der Waals surface area contributed by atoms with E-state index in [-0.39, 0.29) is 0 Å². The van der Waals surface area contributed by atoms with E-state index >= 15 is 0 Å². The van der Waals surface area contributed by atoms with E-state index in [0.717, 1.165) is 45.7 Å². The second-order valence-corrected chi connectivity index (χ2v) is 4.31. The van der Waals surface area contributed by atoms with Gasteiger partial charge in [0.25, 0.3) is 0 Å². The van der Waals surface area contributed by atoms with Crippen molar-refractivity contribution >= 4 is 0 Å². The molecule has 0 bridgehead atoms. The highest BCUT2D eigenvalue weighted by atomic mass is 16.5. The van der Waals surface area contributed by atoms with Gasteiger partial charge in [0.15, 0.2) is 0 Å². The fraction of sp³-hybridized carbons (Fsp3) is 1.00. The fourth-order valence-electron chi connectivity index (χ4n) is 1.90. The molecule has 2 unspecified atom stereocenters. The van der Waals surface area contributed by atoms with Gasteiger partial charge in [-0.2, -0.15) is 0 Å². The Hall–Kier alpha value is -0.160. The molecular formula is C11H25N3O. The van der Waals surface area contributed by atoms with E-state index < -0.39 is 0 Å². The lowest BCUT2D eigenvalue weighted by Crippen LogP contribution is -2.45. The van der Waals surface area contributed by atoms with Crippen LogP contribution in [-0.4, -0.2) is 44.9 Å². The molecule has 1 saturated heterocycles. The number of hydrogen-bond acceptors (Lipinski definition) is 4. The molecule has 0 aromatic carbocycles. The minimum atomic E-state index is 0.524. The van der Waals surface area contributed by atoms with Crippen LogP contribution in [-0.2, 0) is 4.74 Å². The Balaban J connectivity index is 1.98. The molecule has 90 valence electrons. The molecule has 0 aromatic heterocycles. The van der Waals surface area contributed by atoms with Gasteiger partial charge in [0, 0.05) is 18.6 Å². The summed E-state index contributed by atoms with van der Waals surface area (Å²) < 4.78 is 5.42. The number of rotatable bonds is 7. The van der Waals surface area contributed by atoms with Crippen molar-refractivity contribution in [3.05, 3.63) is 0 Å². The Morgan fingerprint density at radius 3 is 3.07 bits per heavy atom. The van der Waals surface area contributed by atoms with Crippen molar-refractivity contribution in [3.8, 4) is 0 Å². The third-order valence-corrected chi connectivity index (χ3v) is 2.76. The molecule has 1 fully saturated rings. The zero-order valence-electron chi connectivity index (χ0n) is 9.80. The van der Waals surface area contributed by atoms with Crippen LogP contribution in [0.1, 0.15) is 26.2 Å². The summed E-state index contributed by atoms with van der Waals surface area (Å²) in [4.78, 5) is 0. The van der Waals surface area contributed by atoms with Gasteiger partial charge in [0.1, 0.15) is 0 Å². The predicted molar refractivity (Wildman–Crippen MR) is 63.0 cm³/mol. The predicted octanol–water partition coefficient (Wildman–Crippen LogP) is 0.0819. The van der Waals surface area contributed by atoms with E-state index in [1.165, 1.54) is 6.42 Å². The van der Waals surface area contributed by atoms with Crippen molar-refractivity contribution < 1.29 is 4.74 Å². The molecule has 4 N–H and O–H groups in total. The van der Waals surface area contributed by atoms with E-state index in [2.05, 4.69) is 17.6 Å². The van der Waals surface area contributed by atoms with Gasteiger partial charge in [-0.3, -0.25) is 0 Å². The second kappa shape index (κ2) is 8.05. The van der Waals surface area contributed by atoms with E-state index in [1.54, 1.807) is 0 Å². The first-order chi connectivity index (χ1) is 7.33. The Morgan fingerprint density at radius 1 is 1.53 bits per heavy atom. The van der Waals surface area contributed by atoms with Crippen LogP contribution in [0, 0.1) is 0 Å². The van der Waals surface area contributed by atoms with Crippen molar-refractivity contribution in [3.63, 3.8) is 0 Å². The summed E-state index contributed by atoms with van der Waals surface area (Å²) in [5.74, 6) is 0. The van der Waals surface area contributed by atoms with Crippen LogP contribution in [0.25, 0.3) is 0 Å². The first-order valence-corrected chi connectivity index (χ1v) is 6.07. The zero-order valence-corrected chi connectivity index (χ0v) is 9.80. The zero-order chi connectivity index (χ0) is 10.9. The summed E-state index contributed by atoms with van der Waals surface area (Å²) in [6, 6.07) is 1.08. The smallest absolute Gasteiger partial charge is 0.0620 e. The maximum atomic E-state index is 5.44. The molecule has 0 spiro atoms. The highest BCUT2D eigenvalue weighted by molar-refractivity contribution is 4.75. The fourth-order valence-corrected chi connectivity index (χ4v) is 1.90. The summed E-state index contributed by atoms with van der Waals surface area (Å²) in [5, 5.41) is 6.98. The molecule has 15 heavy (non-hydrogen) atoms. The molecule has 0 aromatic rings. The molecule has 0 aliphatic carbocycles. The highest BCUT2D eigenvalue weighted by Gasteiger charge is 2.15. The average molecular weight is 215 g/mol. The van der Waals surface area contributed by atoms with Gasteiger partial charge in [-0.05, 0) is 39.3 Å². The van der Waals surface area contributed by atoms with E-state index in [1.807, 2.05) is 0 Å². The van der Waals surface area contributed by atoms with Crippen LogP contribution in [0.4, 0.5) is 0 Å². The minimum Gasteiger partial charge on any atom is -0.379 e. The molecule has 1 aliphatic rings. The number of nitrogens with two attached hydrogens (primary N) is 1. The topological polar surface area (TPSA) is 59.3 Å². The quantitative estimate of drug-likeness (QED) is 0.527. The second-order valence-electron chi connectivity index (χ2n) is 4.31. The van der Waals surface area contributed by atoms with Gasteiger partial charge in [0.05, 0.1) is 13.2 Å². The van der Waals surface area contributed by atoms with E-state index in [4.69, 9.17) is 10.5 Å². The number of unbranched alkanes of at least 4 members (excludes halogenated alkanes) is 1. The van der Waals surface area contributed by atoms with Crippen molar-refractivity contribution in [1.29, 1.82) is 0 Å². The number of morpholine rings is 1. The van der Waals surface area contributed by atoms with Gasteiger partial charge in [-0.25, -0.2) is 0 Å². The van der Waals surface area contributed by atoms with Crippen LogP contribution in [0.15, 0.2) is 0 Å². The van der Waals surface area contributed by atoms with E-state index in [0.29, 0.717) is 12.1 Å². The van der Waals surface area contributed by atoms with E-state index in [9.17, 15) is 0 Å². The molecule has 1 heterocycles. The molecule has 1 aliphatic heterocycles. The highest BCUT2D eigenvalue weighted by Crippen LogP contribution is 2.02. The Labute approximate surface area is 92.9 Å². The normalized spacial score (nSPS) is 24.0.